The van der Waals surface area contributed by atoms with Crippen molar-refractivity contribution in [2.45, 2.75) is 45.6 Å². The van der Waals surface area contributed by atoms with Crippen LogP contribution >= 0.6 is 24.5 Å². The number of hydrogen-bond acceptors (Lipinski definition) is 8. The predicted molar refractivity (Wildman–Crippen MR) is 160 cm³/mol. The van der Waals surface area contributed by atoms with Crippen LogP contribution in [0.5, 0.6) is 5.75 Å². The number of nitrogens with zero attached hydrogens (tertiary/aromatic N) is 3. The molecule has 1 aromatic carbocycles. The number of carbonyl (C=O) groups is 1. The van der Waals surface area contributed by atoms with Crippen LogP contribution in [0.15, 0.2) is 29.1 Å². The van der Waals surface area contributed by atoms with E-state index in [4.69, 9.17) is 18.6 Å². The van der Waals surface area contributed by atoms with Gasteiger partial charge in [0.1, 0.15) is 12.4 Å². The third kappa shape index (κ3) is 5.03. The zero-order chi connectivity index (χ0) is 28.3. The van der Waals surface area contributed by atoms with Gasteiger partial charge in [-0.25, -0.2) is 9.78 Å². The fraction of sp³-hybridized carbons (Fsp3) is 0.444. The van der Waals surface area contributed by atoms with Crippen LogP contribution in [-0.2, 0) is 39.1 Å². The number of fused-ring (bicyclic) bond motifs is 5. The van der Waals surface area contributed by atoms with Crippen LogP contribution in [-0.4, -0.2) is 59.1 Å². The molecule has 0 saturated carbocycles. The molecule has 208 valence electrons. The topological polar surface area (TPSA) is 103 Å². The first-order valence-corrected chi connectivity index (χ1v) is 18.5. The first-order valence-electron chi connectivity index (χ1n) is 12.9. The van der Waals surface area contributed by atoms with Crippen LogP contribution in [0.4, 0.5) is 0 Å². The van der Waals surface area contributed by atoms with Gasteiger partial charge in [0.05, 0.1) is 50.8 Å². The molecule has 0 fully saturated rings. The molecule has 1 N–H and O–H groups in total. The van der Waals surface area contributed by atoms with E-state index in [-0.39, 0.29) is 18.6 Å². The minimum Gasteiger partial charge on any atom is -0.458 e. The molecule has 4 unspecified atom stereocenters. The summed E-state index contributed by atoms with van der Waals surface area (Å²) >= 11 is 0. The van der Waals surface area contributed by atoms with Gasteiger partial charge in [-0.1, -0.05) is 6.92 Å². The van der Waals surface area contributed by atoms with Gasteiger partial charge in [0.25, 0.3) is 13.9 Å². The average Bonchev–Trinajstić information content (AvgIpc) is 3.24. The number of hydrogen-bond donors (Lipinski definition) is 1. The Morgan fingerprint density at radius 2 is 2.03 bits per heavy atom. The standard InChI is InChI=1S/C27H35N3O6P3/c1-7-27(33)20-12-22-24-16(13-30(22)25(31)19(20)15-34-26(27)32)11-17-18(14-29(3)4)23(10-9-21(17)28-24)35-38(5)36-39(6,37)8-2/h9-12,33H,7-8,13-15,37H2,1-6H3/q+1. The first kappa shape index (κ1) is 28.5. The van der Waals surface area contributed by atoms with Crippen molar-refractivity contribution in [1.82, 2.24) is 14.5 Å². The minimum absolute atomic E-state index is 0.107. The molecule has 0 spiro atoms. The fourth-order valence-corrected chi connectivity index (χ4v) is 9.47. The van der Waals surface area contributed by atoms with E-state index in [2.05, 4.69) is 33.5 Å². The molecular formula is C27H35N3O6P3+. The summed E-state index contributed by atoms with van der Waals surface area (Å²) in [4.78, 5) is 33.0. The highest BCUT2D eigenvalue weighted by Gasteiger charge is 2.45. The van der Waals surface area contributed by atoms with Crippen LogP contribution in [0.3, 0.4) is 0 Å². The summed E-state index contributed by atoms with van der Waals surface area (Å²) in [5.41, 5.74) is 2.48. The molecule has 2 aliphatic heterocycles. The summed E-state index contributed by atoms with van der Waals surface area (Å²) in [7, 11) is 4.18. The lowest BCUT2D eigenvalue weighted by Gasteiger charge is -2.31. The molecule has 3 aromatic rings. The van der Waals surface area contributed by atoms with E-state index < -0.39 is 27.1 Å². The Hall–Kier alpha value is -1.98. The van der Waals surface area contributed by atoms with Crippen molar-refractivity contribution in [2.75, 3.05) is 33.6 Å². The summed E-state index contributed by atoms with van der Waals surface area (Å²) in [6.45, 7) is 8.78. The van der Waals surface area contributed by atoms with Crippen LogP contribution in [0.25, 0.3) is 22.3 Å². The number of carbonyl (C=O) groups excluding carboxylic acids is 1. The van der Waals surface area contributed by atoms with Crippen molar-refractivity contribution in [3.05, 3.63) is 56.9 Å². The van der Waals surface area contributed by atoms with Crippen molar-refractivity contribution >= 4 is 41.4 Å². The van der Waals surface area contributed by atoms with Gasteiger partial charge in [-0.3, -0.25) is 4.79 Å². The maximum absolute atomic E-state index is 13.5. The largest absolute Gasteiger partial charge is 0.458 e. The lowest BCUT2D eigenvalue weighted by Crippen LogP contribution is -2.44. The van der Waals surface area contributed by atoms with Crippen molar-refractivity contribution in [3.8, 4) is 17.1 Å². The second kappa shape index (κ2) is 10.4. The van der Waals surface area contributed by atoms with Gasteiger partial charge in [-0.2, -0.15) is 4.31 Å². The smallest absolute Gasteiger partial charge is 0.343 e. The lowest BCUT2D eigenvalue weighted by atomic mass is 9.86. The van der Waals surface area contributed by atoms with Crippen LogP contribution in [0.2, 0.25) is 0 Å². The minimum atomic E-state index is -1.85. The monoisotopic (exact) mass is 590 g/mol. The maximum Gasteiger partial charge on any atom is 0.343 e. The molecule has 0 saturated heterocycles. The summed E-state index contributed by atoms with van der Waals surface area (Å²) in [5, 5.41) is 12.1. The van der Waals surface area contributed by atoms with E-state index in [9.17, 15) is 14.7 Å². The van der Waals surface area contributed by atoms with E-state index in [1.54, 1.807) is 17.6 Å². The van der Waals surface area contributed by atoms with Crippen LogP contribution in [0, 0.1) is 0 Å². The SMILES string of the molecule is CCC1(O)C(=O)OCc2c1cc1n(c2=O)Cc2cc3c(CN(C)C)c(OP(C)O[P+](C)(P)CC)ccc3nc2-1. The van der Waals surface area contributed by atoms with Gasteiger partial charge < -0.3 is 23.8 Å². The molecule has 0 radical (unpaired) electrons. The third-order valence-corrected chi connectivity index (χ3v) is 13.5. The van der Waals surface area contributed by atoms with E-state index >= 15 is 0 Å². The number of benzene rings is 1. The molecule has 2 aliphatic rings. The zero-order valence-corrected chi connectivity index (χ0v) is 26.1. The van der Waals surface area contributed by atoms with E-state index in [1.807, 2.05) is 32.9 Å². The number of cyclic esters (lactones) is 1. The van der Waals surface area contributed by atoms with Gasteiger partial charge >= 0.3 is 5.97 Å². The van der Waals surface area contributed by atoms with Crippen LogP contribution < -0.4 is 10.1 Å². The number of esters is 1. The Bertz CT molecular complexity index is 1540. The van der Waals surface area contributed by atoms with Gasteiger partial charge in [-0.05, 0) is 51.7 Å². The van der Waals surface area contributed by atoms with Crippen molar-refractivity contribution < 1.29 is 23.5 Å². The molecule has 2 aromatic heterocycles. The summed E-state index contributed by atoms with van der Waals surface area (Å²) in [5.74, 6) is 0.0368. The van der Waals surface area contributed by atoms with Gasteiger partial charge in [0.2, 0.25) is 0 Å². The van der Waals surface area contributed by atoms with E-state index in [1.165, 1.54) is 0 Å². The highest BCUT2D eigenvalue weighted by Crippen LogP contribution is 2.70. The third-order valence-electron chi connectivity index (χ3n) is 7.39. The second-order valence-electron chi connectivity index (χ2n) is 10.5. The van der Waals surface area contributed by atoms with Crippen molar-refractivity contribution in [2.24, 2.45) is 0 Å². The van der Waals surface area contributed by atoms with Crippen molar-refractivity contribution in [3.63, 3.8) is 0 Å². The first-order chi connectivity index (χ1) is 18.4. The highest BCUT2D eigenvalue weighted by atomic mass is 32.1. The normalized spacial score (nSPS) is 20.3. The number of pyridine rings is 2. The molecule has 9 nitrogen and oxygen atoms in total. The maximum atomic E-state index is 13.5. The predicted octanol–water partition coefficient (Wildman–Crippen LogP) is 4.85. The summed E-state index contributed by atoms with van der Waals surface area (Å²) < 4.78 is 19.5. The Morgan fingerprint density at radius 1 is 1.28 bits per heavy atom. The molecule has 4 atom stereocenters. The van der Waals surface area contributed by atoms with E-state index in [0.717, 1.165) is 33.9 Å². The lowest BCUT2D eigenvalue weighted by molar-refractivity contribution is -0.172. The van der Waals surface area contributed by atoms with Crippen LogP contribution in [0.1, 0.15) is 42.5 Å². The molecule has 0 amide bonds. The van der Waals surface area contributed by atoms with E-state index in [0.29, 0.717) is 35.6 Å². The Labute approximate surface area is 232 Å². The Balaban J connectivity index is 1.62. The molecule has 0 aliphatic carbocycles. The van der Waals surface area contributed by atoms with Crippen molar-refractivity contribution in [1.29, 1.82) is 0 Å². The molecular weight excluding hydrogens is 555 g/mol. The second-order valence-corrected chi connectivity index (χ2v) is 18.5. The fourth-order valence-electron chi connectivity index (χ4n) is 5.13. The average molecular weight is 591 g/mol. The Morgan fingerprint density at radius 3 is 2.69 bits per heavy atom. The summed E-state index contributed by atoms with van der Waals surface area (Å²) in [6.07, 6.45) is 1.06. The van der Waals surface area contributed by atoms with Gasteiger partial charge in [-0.15, -0.1) is 0 Å². The Kier molecular flexibility index (Phi) is 7.65. The summed E-state index contributed by atoms with van der Waals surface area (Å²) in [6, 6.07) is 7.69. The molecule has 39 heavy (non-hydrogen) atoms. The number of ether oxygens (including phenoxy) is 1. The molecule has 0 bridgehead atoms. The zero-order valence-electron chi connectivity index (χ0n) is 23.1. The molecule has 12 heteroatoms. The van der Waals surface area contributed by atoms with Gasteiger partial charge in [0, 0.05) is 35.3 Å². The quantitative estimate of drug-likeness (QED) is 0.230. The number of aliphatic hydroxyl groups is 1. The highest BCUT2D eigenvalue weighted by molar-refractivity contribution is 8.22. The molecule has 4 heterocycles. The molecule has 5 rings (SSSR count). The number of aromatic nitrogens is 2. The van der Waals surface area contributed by atoms with Gasteiger partial charge in [0.15, 0.2) is 12.8 Å². The number of rotatable bonds is 8.